The van der Waals surface area contributed by atoms with E-state index in [1.807, 2.05) is 0 Å². The third-order valence-electron chi connectivity index (χ3n) is 1.71. The second-order valence-electron chi connectivity index (χ2n) is 2.62. The lowest BCUT2D eigenvalue weighted by molar-refractivity contribution is 0.384. The summed E-state index contributed by atoms with van der Waals surface area (Å²) in [7, 11) is 1.44. The molecule has 1 rings (SSSR count). The van der Waals surface area contributed by atoms with Gasteiger partial charge in [0, 0.05) is 4.47 Å². The van der Waals surface area contributed by atoms with Gasteiger partial charge in [0.05, 0.1) is 7.11 Å². The standard InChI is InChI=1S/C9H11BrFNO/c1-13-8-5-7(10)4-6(2-3-12)9(8)11/h4-5H,2-3,12H2,1H3. The Kier molecular flexibility index (Phi) is 3.69. The van der Waals surface area contributed by atoms with E-state index in [4.69, 9.17) is 10.5 Å². The van der Waals surface area contributed by atoms with Gasteiger partial charge in [-0.2, -0.15) is 0 Å². The van der Waals surface area contributed by atoms with Gasteiger partial charge < -0.3 is 10.5 Å². The molecule has 0 radical (unpaired) electrons. The zero-order valence-corrected chi connectivity index (χ0v) is 8.90. The van der Waals surface area contributed by atoms with E-state index in [2.05, 4.69) is 15.9 Å². The SMILES string of the molecule is COc1cc(Br)cc(CCN)c1F. The predicted octanol–water partition coefficient (Wildman–Crippen LogP) is 2.10. The number of hydrogen-bond acceptors (Lipinski definition) is 2. The van der Waals surface area contributed by atoms with E-state index in [9.17, 15) is 4.39 Å². The molecule has 4 heteroatoms. The van der Waals surface area contributed by atoms with Gasteiger partial charge >= 0.3 is 0 Å². The summed E-state index contributed by atoms with van der Waals surface area (Å²) in [6.45, 7) is 0.427. The molecule has 2 nitrogen and oxygen atoms in total. The van der Waals surface area contributed by atoms with Gasteiger partial charge in [0.1, 0.15) is 0 Å². The summed E-state index contributed by atoms with van der Waals surface area (Å²) in [4.78, 5) is 0. The predicted molar refractivity (Wildman–Crippen MR) is 53.4 cm³/mol. The normalized spacial score (nSPS) is 10.2. The van der Waals surface area contributed by atoms with Crippen LogP contribution in [-0.4, -0.2) is 13.7 Å². The molecule has 1 aromatic rings. The van der Waals surface area contributed by atoms with Crippen molar-refractivity contribution in [3.63, 3.8) is 0 Å². The maximum absolute atomic E-state index is 13.4. The minimum absolute atomic E-state index is 0.248. The van der Waals surface area contributed by atoms with Crippen molar-refractivity contribution in [3.8, 4) is 5.75 Å². The summed E-state index contributed by atoms with van der Waals surface area (Å²) < 4.78 is 19.1. The van der Waals surface area contributed by atoms with Gasteiger partial charge in [0.2, 0.25) is 0 Å². The first-order chi connectivity index (χ1) is 6.19. The topological polar surface area (TPSA) is 35.2 Å². The molecule has 0 aliphatic rings. The van der Waals surface area contributed by atoms with Gasteiger partial charge in [0.25, 0.3) is 0 Å². The van der Waals surface area contributed by atoms with Crippen LogP contribution in [0.1, 0.15) is 5.56 Å². The smallest absolute Gasteiger partial charge is 0.168 e. The first-order valence-electron chi connectivity index (χ1n) is 3.91. The molecule has 0 fully saturated rings. The van der Waals surface area contributed by atoms with E-state index in [-0.39, 0.29) is 11.6 Å². The second kappa shape index (κ2) is 4.58. The van der Waals surface area contributed by atoms with E-state index < -0.39 is 0 Å². The number of nitrogens with two attached hydrogens (primary N) is 1. The van der Waals surface area contributed by atoms with E-state index >= 15 is 0 Å². The first-order valence-corrected chi connectivity index (χ1v) is 4.70. The van der Waals surface area contributed by atoms with Crippen LogP contribution in [0.3, 0.4) is 0 Å². The zero-order chi connectivity index (χ0) is 9.84. The van der Waals surface area contributed by atoms with E-state index in [1.54, 1.807) is 12.1 Å². The molecule has 0 heterocycles. The molecule has 0 aliphatic heterocycles. The minimum Gasteiger partial charge on any atom is -0.494 e. The highest BCUT2D eigenvalue weighted by molar-refractivity contribution is 9.10. The molecule has 0 saturated carbocycles. The summed E-state index contributed by atoms with van der Waals surface area (Å²) in [5, 5.41) is 0. The van der Waals surface area contributed by atoms with Crippen molar-refractivity contribution >= 4 is 15.9 Å². The molecule has 2 N–H and O–H groups in total. The third-order valence-corrected chi connectivity index (χ3v) is 2.17. The minimum atomic E-state index is -0.323. The quantitative estimate of drug-likeness (QED) is 0.888. The van der Waals surface area contributed by atoms with Gasteiger partial charge in [-0.25, -0.2) is 4.39 Å². The largest absolute Gasteiger partial charge is 0.494 e. The third kappa shape index (κ3) is 2.42. The van der Waals surface area contributed by atoms with Crippen LogP contribution in [0.2, 0.25) is 0 Å². The van der Waals surface area contributed by atoms with Crippen molar-refractivity contribution in [1.82, 2.24) is 0 Å². The van der Waals surface area contributed by atoms with E-state index in [0.717, 1.165) is 4.47 Å². The van der Waals surface area contributed by atoms with Crippen LogP contribution < -0.4 is 10.5 Å². The lowest BCUT2D eigenvalue weighted by Gasteiger charge is -2.07. The average Bonchev–Trinajstić information content (AvgIpc) is 2.11. The maximum Gasteiger partial charge on any atom is 0.168 e. The molecule has 0 spiro atoms. The van der Waals surface area contributed by atoms with Gasteiger partial charge in [-0.05, 0) is 30.7 Å². The van der Waals surface area contributed by atoms with Crippen LogP contribution in [0.5, 0.6) is 5.75 Å². The van der Waals surface area contributed by atoms with Gasteiger partial charge in [-0.1, -0.05) is 15.9 Å². The molecule has 0 aliphatic carbocycles. The average molecular weight is 248 g/mol. The highest BCUT2D eigenvalue weighted by Gasteiger charge is 2.09. The van der Waals surface area contributed by atoms with Crippen molar-refractivity contribution in [2.75, 3.05) is 13.7 Å². The molecule has 13 heavy (non-hydrogen) atoms. The van der Waals surface area contributed by atoms with Crippen molar-refractivity contribution in [3.05, 3.63) is 28.0 Å². The summed E-state index contributed by atoms with van der Waals surface area (Å²) in [6, 6.07) is 3.31. The Hall–Kier alpha value is -0.610. The Balaban J connectivity index is 3.11. The highest BCUT2D eigenvalue weighted by atomic mass is 79.9. The lowest BCUT2D eigenvalue weighted by Crippen LogP contribution is -2.05. The fourth-order valence-electron chi connectivity index (χ4n) is 1.10. The van der Waals surface area contributed by atoms with Crippen molar-refractivity contribution in [1.29, 1.82) is 0 Å². The zero-order valence-electron chi connectivity index (χ0n) is 7.31. The molecule has 0 unspecified atom stereocenters. The number of methoxy groups -OCH3 is 1. The maximum atomic E-state index is 13.4. The lowest BCUT2D eigenvalue weighted by atomic mass is 10.1. The summed E-state index contributed by atoms with van der Waals surface area (Å²) in [6.07, 6.45) is 0.516. The number of halogens is 2. The molecular formula is C9H11BrFNO. The molecule has 72 valence electrons. The Labute approximate surface area is 85.0 Å². The van der Waals surface area contributed by atoms with Crippen molar-refractivity contribution in [2.45, 2.75) is 6.42 Å². The summed E-state index contributed by atoms with van der Waals surface area (Å²) in [5.41, 5.74) is 5.93. The molecule has 0 saturated heterocycles. The number of ether oxygens (including phenoxy) is 1. The molecule has 0 atom stereocenters. The van der Waals surface area contributed by atoms with Gasteiger partial charge in [0.15, 0.2) is 11.6 Å². The highest BCUT2D eigenvalue weighted by Crippen LogP contribution is 2.26. The number of hydrogen-bond donors (Lipinski definition) is 1. The second-order valence-corrected chi connectivity index (χ2v) is 3.54. The molecule has 0 amide bonds. The van der Waals surface area contributed by atoms with Crippen LogP contribution in [0, 0.1) is 5.82 Å². The Bertz CT molecular complexity index is 304. The fraction of sp³-hybridized carbons (Fsp3) is 0.333. The van der Waals surface area contributed by atoms with Gasteiger partial charge in [-0.15, -0.1) is 0 Å². The Morgan fingerprint density at radius 3 is 2.77 bits per heavy atom. The van der Waals surface area contributed by atoms with Gasteiger partial charge in [-0.3, -0.25) is 0 Å². The Morgan fingerprint density at radius 1 is 1.54 bits per heavy atom. The molecular weight excluding hydrogens is 237 g/mol. The van der Waals surface area contributed by atoms with Crippen LogP contribution >= 0.6 is 15.9 Å². The fourth-order valence-corrected chi connectivity index (χ4v) is 1.59. The molecule has 1 aromatic carbocycles. The van der Waals surface area contributed by atoms with E-state index in [1.165, 1.54) is 7.11 Å². The number of rotatable bonds is 3. The van der Waals surface area contributed by atoms with Crippen molar-refractivity contribution in [2.24, 2.45) is 5.73 Å². The molecule has 0 aromatic heterocycles. The molecule has 0 bridgehead atoms. The monoisotopic (exact) mass is 247 g/mol. The number of benzene rings is 1. The van der Waals surface area contributed by atoms with Crippen LogP contribution in [0.15, 0.2) is 16.6 Å². The summed E-state index contributed by atoms with van der Waals surface area (Å²) >= 11 is 3.27. The van der Waals surface area contributed by atoms with Crippen LogP contribution in [-0.2, 0) is 6.42 Å². The van der Waals surface area contributed by atoms with Crippen LogP contribution in [0.4, 0.5) is 4.39 Å². The van der Waals surface area contributed by atoms with Crippen LogP contribution in [0.25, 0.3) is 0 Å². The van der Waals surface area contributed by atoms with E-state index in [0.29, 0.717) is 18.5 Å². The van der Waals surface area contributed by atoms with Crippen molar-refractivity contribution < 1.29 is 9.13 Å². The first kappa shape index (κ1) is 10.5. The Morgan fingerprint density at radius 2 is 2.23 bits per heavy atom. The summed E-state index contributed by atoms with van der Waals surface area (Å²) in [5.74, 6) is -0.0750.